The van der Waals surface area contributed by atoms with Crippen molar-refractivity contribution < 1.29 is 29.0 Å². The third-order valence-corrected chi connectivity index (χ3v) is 8.08. The van der Waals surface area contributed by atoms with Crippen LogP contribution in [0.5, 0.6) is 0 Å². The number of allylic oxidation sites excluding steroid dienone is 1. The van der Waals surface area contributed by atoms with Gasteiger partial charge in [-0.1, -0.05) is 36.4 Å². The number of nitrogens with zero attached hydrogens (tertiary/aromatic N) is 2. The molecule has 0 bridgehead atoms. The van der Waals surface area contributed by atoms with Crippen LogP contribution in [0.3, 0.4) is 0 Å². The van der Waals surface area contributed by atoms with Gasteiger partial charge in [0.2, 0.25) is 5.91 Å². The van der Waals surface area contributed by atoms with E-state index >= 15 is 0 Å². The van der Waals surface area contributed by atoms with Gasteiger partial charge in [0, 0.05) is 12.2 Å². The first-order valence-corrected chi connectivity index (χ1v) is 12.7. The minimum absolute atomic E-state index is 0.263. The summed E-state index contributed by atoms with van der Waals surface area (Å²) in [5.41, 5.74) is 0.226. The van der Waals surface area contributed by atoms with Gasteiger partial charge in [-0.3, -0.25) is 14.4 Å². The number of hydrogen-bond donors (Lipinski definition) is 1. The zero-order valence-corrected chi connectivity index (χ0v) is 21.3. The largest absolute Gasteiger partial charge is 0.465 e. The molecule has 8 heteroatoms. The highest BCUT2D eigenvalue weighted by Crippen LogP contribution is 2.57. The number of likely N-dealkylation sites (tertiary alicyclic amines) is 1. The van der Waals surface area contributed by atoms with Crippen molar-refractivity contribution in [3.63, 3.8) is 0 Å². The number of benzene rings is 1. The van der Waals surface area contributed by atoms with Crippen LogP contribution in [0.1, 0.15) is 37.8 Å². The molecule has 1 aromatic carbocycles. The van der Waals surface area contributed by atoms with E-state index in [2.05, 4.69) is 0 Å². The molecular weight excluding hydrogens is 460 g/mol. The number of amides is 2. The van der Waals surface area contributed by atoms with E-state index in [1.165, 1.54) is 4.90 Å². The summed E-state index contributed by atoms with van der Waals surface area (Å²) in [6.07, 6.45) is 8.89. The summed E-state index contributed by atoms with van der Waals surface area (Å²) >= 11 is 0. The second-order valence-electron chi connectivity index (χ2n) is 10.6. The van der Waals surface area contributed by atoms with Crippen molar-refractivity contribution in [1.29, 1.82) is 0 Å². The Hall–Kier alpha value is -2.97. The average molecular weight is 495 g/mol. The van der Waals surface area contributed by atoms with Gasteiger partial charge >= 0.3 is 5.97 Å². The highest BCUT2D eigenvalue weighted by Gasteiger charge is 2.75. The third kappa shape index (κ3) is 3.53. The molecule has 2 fully saturated rings. The van der Waals surface area contributed by atoms with E-state index in [9.17, 15) is 19.5 Å². The first kappa shape index (κ1) is 24.7. The van der Waals surface area contributed by atoms with Crippen LogP contribution in [0.4, 0.5) is 5.69 Å². The molecule has 2 amide bonds. The monoisotopic (exact) mass is 494 g/mol. The number of carbonyl (C=O) groups is 3. The number of ether oxygens (including phenoxy) is 2. The number of hydrogen-bond acceptors (Lipinski definition) is 6. The van der Waals surface area contributed by atoms with Gasteiger partial charge < -0.3 is 24.4 Å². The van der Waals surface area contributed by atoms with E-state index in [0.717, 1.165) is 23.2 Å². The Bertz CT molecular complexity index is 1160. The molecule has 5 rings (SSSR count). The highest BCUT2D eigenvalue weighted by atomic mass is 16.6. The van der Waals surface area contributed by atoms with Crippen LogP contribution in [0.15, 0.2) is 42.5 Å². The number of aliphatic hydroxyl groups is 1. The van der Waals surface area contributed by atoms with Crippen LogP contribution in [-0.4, -0.2) is 70.8 Å². The number of carbonyl (C=O) groups excluding carboxylic acids is 3. The van der Waals surface area contributed by atoms with Crippen LogP contribution in [-0.2, 0) is 23.9 Å². The summed E-state index contributed by atoms with van der Waals surface area (Å²) in [5.74, 6) is -3.02. The Morgan fingerprint density at radius 2 is 1.89 bits per heavy atom. The van der Waals surface area contributed by atoms with Crippen LogP contribution < -0.4 is 4.90 Å². The van der Waals surface area contributed by atoms with Crippen molar-refractivity contribution in [3.05, 3.63) is 53.6 Å². The lowest BCUT2D eigenvalue weighted by molar-refractivity contribution is -0.159. The summed E-state index contributed by atoms with van der Waals surface area (Å²) in [5, 5.41) is 10.1. The Labute approximate surface area is 211 Å². The van der Waals surface area contributed by atoms with Crippen molar-refractivity contribution in [2.45, 2.75) is 63.8 Å². The van der Waals surface area contributed by atoms with Crippen LogP contribution in [0.2, 0.25) is 0 Å². The third-order valence-electron chi connectivity index (χ3n) is 8.08. The van der Waals surface area contributed by atoms with Crippen molar-refractivity contribution in [1.82, 2.24) is 4.90 Å². The number of rotatable bonds is 3. The molecule has 0 aromatic heterocycles. The quantitative estimate of drug-likeness (QED) is 0.512. The smallest absolute Gasteiger partial charge is 0.313 e. The van der Waals surface area contributed by atoms with E-state index in [0.29, 0.717) is 13.0 Å². The second-order valence-corrected chi connectivity index (χ2v) is 10.6. The van der Waals surface area contributed by atoms with Crippen molar-refractivity contribution in [3.8, 4) is 0 Å². The van der Waals surface area contributed by atoms with Gasteiger partial charge in [-0.15, -0.1) is 0 Å². The molecule has 8 nitrogen and oxygen atoms in total. The lowest BCUT2D eigenvalue weighted by atomic mass is 9.74. The van der Waals surface area contributed by atoms with Gasteiger partial charge in [-0.25, -0.2) is 0 Å². The Balaban J connectivity index is 1.68. The SMILES string of the molecule is Cc1ccc(C)c(N2CC=C[C@]34O[C@]5(C)/C=C\CCCOC(=O)[C@@H]5[C@H]3C(=O)N([C@H](C)CO)C4C2=O)c1. The van der Waals surface area contributed by atoms with Crippen molar-refractivity contribution >= 4 is 23.5 Å². The van der Waals surface area contributed by atoms with Gasteiger partial charge in [0.25, 0.3) is 5.91 Å². The summed E-state index contributed by atoms with van der Waals surface area (Å²) in [6, 6.07) is 4.24. The lowest BCUT2D eigenvalue weighted by Crippen LogP contribution is -2.58. The number of aryl methyl sites for hydroxylation is 2. The highest BCUT2D eigenvalue weighted by molar-refractivity contribution is 6.06. The lowest BCUT2D eigenvalue weighted by Gasteiger charge is -2.39. The predicted octanol–water partition coefficient (Wildman–Crippen LogP) is 2.45. The second kappa shape index (κ2) is 8.85. The van der Waals surface area contributed by atoms with E-state index in [-0.39, 0.29) is 25.0 Å². The molecule has 0 saturated carbocycles. The Kier molecular flexibility index (Phi) is 6.08. The average Bonchev–Trinajstić information content (AvgIpc) is 3.20. The molecule has 4 heterocycles. The number of aliphatic hydroxyl groups excluding tert-OH is 1. The summed E-state index contributed by atoms with van der Waals surface area (Å²) < 4.78 is 12.3. The maximum Gasteiger partial charge on any atom is 0.313 e. The molecular formula is C28H34N2O6. The minimum atomic E-state index is -1.37. The van der Waals surface area contributed by atoms with Crippen LogP contribution >= 0.6 is 0 Å². The number of esters is 1. The predicted molar refractivity (Wildman–Crippen MR) is 133 cm³/mol. The van der Waals surface area contributed by atoms with E-state index in [4.69, 9.17) is 9.47 Å². The van der Waals surface area contributed by atoms with Gasteiger partial charge in [0.1, 0.15) is 17.6 Å². The fraction of sp³-hybridized carbons (Fsp3) is 0.536. The maximum absolute atomic E-state index is 14.4. The first-order valence-electron chi connectivity index (χ1n) is 12.7. The van der Waals surface area contributed by atoms with Crippen LogP contribution in [0, 0.1) is 25.7 Å². The normalized spacial score (nSPS) is 35.7. The fourth-order valence-corrected chi connectivity index (χ4v) is 6.36. The van der Waals surface area contributed by atoms with E-state index < -0.39 is 41.1 Å². The molecule has 1 N–H and O–H groups in total. The molecule has 36 heavy (non-hydrogen) atoms. The van der Waals surface area contributed by atoms with E-state index in [1.807, 2.05) is 50.3 Å². The summed E-state index contributed by atoms with van der Waals surface area (Å²) in [6.45, 7) is 7.66. The van der Waals surface area contributed by atoms with E-state index in [1.54, 1.807) is 24.8 Å². The number of cyclic esters (lactones) is 1. The zero-order valence-electron chi connectivity index (χ0n) is 21.3. The molecule has 1 spiro atoms. The molecule has 4 aliphatic rings. The van der Waals surface area contributed by atoms with Crippen LogP contribution in [0.25, 0.3) is 0 Å². The number of fused-ring (bicyclic) bond motifs is 2. The first-order chi connectivity index (χ1) is 17.1. The summed E-state index contributed by atoms with van der Waals surface area (Å²) in [7, 11) is 0. The topological polar surface area (TPSA) is 96.4 Å². The number of anilines is 1. The summed E-state index contributed by atoms with van der Waals surface area (Å²) in [4.78, 5) is 45.0. The van der Waals surface area contributed by atoms with Gasteiger partial charge in [0.05, 0.1) is 30.8 Å². The Morgan fingerprint density at radius 1 is 1.11 bits per heavy atom. The molecule has 0 radical (unpaired) electrons. The molecule has 4 aliphatic heterocycles. The van der Waals surface area contributed by atoms with Gasteiger partial charge in [0.15, 0.2) is 0 Å². The maximum atomic E-state index is 14.4. The molecule has 1 unspecified atom stereocenters. The van der Waals surface area contributed by atoms with Gasteiger partial charge in [-0.05, 0) is 57.7 Å². The standard InChI is InChI=1S/C28H34N2O6/c1-17-9-10-18(2)20(15-17)29-13-8-12-28-21(24(32)30(19(3)16-31)23(28)25(29)33)22-26(34)35-14-7-5-6-11-27(22,4)36-28/h6,8-12,15,19,21-23,31H,5,7,13-14,16H2,1-4H3/b11-6-/t19-,21+,22+,23?,27-,28+/m1/s1. The molecule has 192 valence electrons. The van der Waals surface area contributed by atoms with Crippen molar-refractivity contribution in [2.24, 2.45) is 11.8 Å². The molecule has 0 aliphatic carbocycles. The minimum Gasteiger partial charge on any atom is -0.465 e. The molecule has 1 aromatic rings. The Morgan fingerprint density at radius 3 is 2.64 bits per heavy atom. The molecule has 2 saturated heterocycles. The molecule has 6 atom stereocenters. The fourth-order valence-electron chi connectivity index (χ4n) is 6.36. The zero-order chi connectivity index (χ0) is 25.8. The van der Waals surface area contributed by atoms with Crippen molar-refractivity contribution in [2.75, 3.05) is 24.7 Å². The van der Waals surface area contributed by atoms with Gasteiger partial charge in [-0.2, -0.15) is 0 Å².